The van der Waals surface area contributed by atoms with Gasteiger partial charge in [0.15, 0.2) is 0 Å². The summed E-state index contributed by atoms with van der Waals surface area (Å²) in [7, 11) is -3.55. The molecule has 0 aliphatic heterocycles. The number of aromatic carboxylic acids is 1. The Morgan fingerprint density at radius 3 is 2.32 bits per heavy atom. The number of carboxylic acids is 1. The summed E-state index contributed by atoms with van der Waals surface area (Å²) in [6, 6.07) is 5.14. The number of aliphatic hydroxyl groups excluding tert-OH is 1. The Balaban J connectivity index is 2.75. The molecule has 1 aromatic rings. The Morgan fingerprint density at radius 1 is 1.32 bits per heavy atom. The monoisotopic (exact) mass is 287 g/mol. The SMILES string of the molecule is CCC(CO)NS(=O)(=O)Cc1ccc(C(=O)O)cc1. The summed E-state index contributed by atoms with van der Waals surface area (Å²) in [5.41, 5.74) is 0.598. The summed E-state index contributed by atoms with van der Waals surface area (Å²) in [5.74, 6) is -1.30. The van der Waals surface area contributed by atoms with Crippen LogP contribution in [0, 0.1) is 0 Å². The van der Waals surface area contributed by atoms with Crippen LogP contribution in [0.3, 0.4) is 0 Å². The summed E-state index contributed by atoms with van der Waals surface area (Å²) in [6.45, 7) is 1.51. The van der Waals surface area contributed by atoms with Crippen LogP contribution in [0.15, 0.2) is 24.3 Å². The van der Waals surface area contributed by atoms with E-state index < -0.39 is 22.0 Å². The Morgan fingerprint density at radius 2 is 1.89 bits per heavy atom. The maximum absolute atomic E-state index is 11.8. The zero-order chi connectivity index (χ0) is 14.5. The highest BCUT2D eigenvalue weighted by molar-refractivity contribution is 7.88. The molecule has 0 aliphatic carbocycles. The van der Waals surface area contributed by atoms with Crippen LogP contribution >= 0.6 is 0 Å². The first-order valence-electron chi connectivity index (χ1n) is 5.81. The first-order chi connectivity index (χ1) is 8.88. The molecule has 1 atom stereocenters. The van der Waals surface area contributed by atoms with Crippen LogP contribution in [0.4, 0.5) is 0 Å². The first-order valence-corrected chi connectivity index (χ1v) is 7.46. The molecule has 1 aromatic carbocycles. The van der Waals surface area contributed by atoms with Crippen molar-refractivity contribution >= 4 is 16.0 Å². The van der Waals surface area contributed by atoms with E-state index in [1.807, 2.05) is 0 Å². The summed E-state index contributed by atoms with van der Waals surface area (Å²) in [4.78, 5) is 10.7. The molecule has 0 aliphatic rings. The van der Waals surface area contributed by atoms with Gasteiger partial charge in [-0.3, -0.25) is 0 Å². The lowest BCUT2D eigenvalue weighted by atomic mass is 10.1. The second kappa shape index (κ2) is 6.65. The quantitative estimate of drug-likeness (QED) is 0.680. The highest BCUT2D eigenvalue weighted by Crippen LogP contribution is 2.08. The number of rotatable bonds is 7. The van der Waals surface area contributed by atoms with Gasteiger partial charge >= 0.3 is 5.97 Å². The summed E-state index contributed by atoms with van der Waals surface area (Å²) < 4.78 is 26.0. The number of carboxylic acid groups (broad SMARTS) is 1. The fraction of sp³-hybridized carbons (Fsp3) is 0.417. The van der Waals surface area contributed by atoms with Crippen LogP contribution in [0.2, 0.25) is 0 Å². The van der Waals surface area contributed by atoms with Gasteiger partial charge in [-0.15, -0.1) is 0 Å². The molecule has 0 heterocycles. The molecule has 7 heteroatoms. The summed E-state index contributed by atoms with van der Waals surface area (Å²) in [6.07, 6.45) is 0.494. The van der Waals surface area contributed by atoms with Crippen molar-refractivity contribution in [3.8, 4) is 0 Å². The number of hydrogen-bond donors (Lipinski definition) is 3. The largest absolute Gasteiger partial charge is 0.478 e. The van der Waals surface area contributed by atoms with E-state index in [9.17, 15) is 13.2 Å². The van der Waals surface area contributed by atoms with Gasteiger partial charge in [-0.05, 0) is 24.1 Å². The minimum Gasteiger partial charge on any atom is -0.478 e. The third-order valence-corrected chi connectivity index (χ3v) is 4.02. The molecule has 0 fully saturated rings. The highest BCUT2D eigenvalue weighted by atomic mass is 32.2. The minimum absolute atomic E-state index is 0.107. The molecular formula is C12H17NO5S. The predicted octanol–water partition coefficient (Wildman–Crippen LogP) is 0.575. The zero-order valence-electron chi connectivity index (χ0n) is 10.5. The van der Waals surface area contributed by atoms with E-state index in [1.54, 1.807) is 6.92 Å². The second-order valence-corrected chi connectivity index (χ2v) is 5.92. The van der Waals surface area contributed by atoms with Crippen molar-refractivity contribution in [2.75, 3.05) is 6.61 Å². The Labute approximate surface area is 112 Å². The smallest absolute Gasteiger partial charge is 0.335 e. The molecule has 0 saturated carbocycles. The van der Waals surface area contributed by atoms with E-state index in [0.717, 1.165) is 0 Å². The summed E-state index contributed by atoms with van der Waals surface area (Å²) in [5, 5.41) is 17.7. The summed E-state index contributed by atoms with van der Waals surface area (Å²) >= 11 is 0. The van der Waals surface area contributed by atoms with Crippen molar-refractivity contribution in [2.45, 2.75) is 25.1 Å². The lowest BCUT2D eigenvalue weighted by Crippen LogP contribution is -2.37. The van der Waals surface area contributed by atoms with Gasteiger partial charge in [0.25, 0.3) is 0 Å². The molecule has 1 unspecified atom stereocenters. The molecule has 0 spiro atoms. The number of sulfonamides is 1. The van der Waals surface area contributed by atoms with Gasteiger partial charge in [0, 0.05) is 6.04 Å². The van der Waals surface area contributed by atoms with Crippen molar-refractivity contribution in [1.29, 1.82) is 0 Å². The Kier molecular flexibility index (Phi) is 5.46. The van der Waals surface area contributed by atoms with Gasteiger partial charge < -0.3 is 10.2 Å². The third-order valence-electron chi connectivity index (χ3n) is 2.62. The van der Waals surface area contributed by atoms with E-state index in [-0.39, 0.29) is 17.9 Å². The van der Waals surface area contributed by atoms with E-state index in [2.05, 4.69) is 4.72 Å². The van der Waals surface area contributed by atoms with Gasteiger partial charge in [-0.2, -0.15) is 0 Å². The van der Waals surface area contributed by atoms with Gasteiger partial charge in [0.1, 0.15) is 0 Å². The van der Waals surface area contributed by atoms with Crippen LogP contribution in [0.25, 0.3) is 0 Å². The van der Waals surface area contributed by atoms with Gasteiger partial charge in [0.05, 0.1) is 17.9 Å². The molecule has 0 bridgehead atoms. The molecular weight excluding hydrogens is 270 g/mol. The van der Waals surface area contributed by atoms with Crippen LogP contribution in [0.5, 0.6) is 0 Å². The maximum Gasteiger partial charge on any atom is 0.335 e. The number of nitrogens with one attached hydrogen (secondary N) is 1. The number of aliphatic hydroxyl groups is 1. The number of hydrogen-bond acceptors (Lipinski definition) is 4. The average Bonchev–Trinajstić information content (AvgIpc) is 2.36. The minimum atomic E-state index is -3.55. The van der Waals surface area contributed by atoms with Gasteiger partial charge in [-0.25, -0.2) is 17.9 Å². The van der Waals surface area contributed by atoms with Crippen LogP contribution < -0.4 is 4.72 Å². The predicted molar refractivity (Wildman–Crippen MR) is 70.3 cm³/mol. The molecule has 0 saturated heterocycles. The molecule has 1 rings (SSSR count). The Hall–Kier alpha value is -1.44. The van der Waals surface area contributed by atoms with Gasteiger partial charge in [0.2, 0.25) is 10.0 Å². The van der Waals surface area contributed by atoms with Crippen molar-refractivity contribution in [3.05, 3.63) is 35.4 Å². The van der Waals surface area contributed by atoms with Crippen molar-refractivity contribution in [3.63, 3.8) is 0 Å². The molecule has 19 heavy (non-hydrogen) atoms. The lowest BCUT2D eigenvalue weighted by Gasteiger charge is -2.14. The van der Waals surface area contributed by atoms with Crippen molar-refractivity contribution in [1.82, 2.24) is 4.72 Å². The topological polar surface area (TPSA) is 104 Å². The van der Waals surface area contributed by atoms with Crippen molar-refractivity contribution in [2.24, 2.45) is 0 Å². The van der Waals surface area contributed by atoms with E-state index >= 15 is 0 Å². The van der Waals surface area contributed by atoms with E-state index in [4.69, 9.17) is 10.2 Å². The fourth-order valence-electron chi connectivity index (χ4n) is 1.51. The number of benzene rings is 1. The van der Waals surface area contributed by atoms with Crippen LogP contribution in [-0.4, -0.2) is 37.2 Å². The zero-order valence-corrected chi connectivity index (χ0v) is 11.4. The molecule has 0 aromatic heterocycles. The van der Waals surface area contributed by atoms with E-state index in [1.165, 1.54) is 24.3 Å². The standard InChI is InChI=1S/C12H17NO5S/c1-2-11(7-14)13-19(17,18)8-9-3-5-10(6-4-9)12(15)16/h3-6,11,13-14H,2,7-8H2,1H3,(H,15,16). The van der Waals surface area contributed by atoms with E-state index in [0.29, 0.717) is 12.0 Å². The fourth-order valence-corrected chi connectivity index (χ4v) is 2.97. The van der Waals surface area contributed by atoms with Crippen molar-refractivity contribution < 1.29 is 23.4 Å². The molecule has 6 nitrogen and oxygen atoms in total. The molecule has 0 radical (unpaired) electrons. The molecule has 0 amide bonds. The first kappa shape index (κ1) is 15.6. The number of carbonyl (C=O) groups is 1. The van der Waals surface area contributed by atoms with Crippen LogP contribution in [0.1, 0.15) is 29.3 Å². The van der Waals surface area contributed by atoms with Gasteiger partial charge in [-0.1, -0.05) is 19.1 Å². The normalized spacial score (nSPS) is 13.2. The molecule has 3 N–H and O–H groups in total. The third kappa shape index (κ3) is 4.98. The molecule has 106 valence electrons. The van der Waals surface area contributed by atoms with Crippen LogP contribution in [-0.2, 0) is 15.8 Å². The second-order valence-electron chi connectivity index (χ2n) is 4.17. The lowest BCUT2D eigenvalue weighted by molar-refractivity contribution is 0.0697. The maximum atomic E-state index is 11.8. The Bertz CT molecular complexity index is 520. The average molecular weight is 287 g/mol. The highest BCUT2D eigenvalue weighted by Gasteiger charge is 2.16.